The van der Waals surface area contributed by atoms with Crippen LogP contribution in [-0.4, -0.2) is 384 Å². The highest BCUT2D eigenvalue weighted by molar-refractivity contribution is 5.53. The molecule has 130 heavy (non-hydrogen) atoms. The first-order valence-corrected chi connectivity index (χ1v) is 47.5. The summed E-state index contributed by atoms with van der Waals surface area (Å²) in [7, 11) is 0. The van der Waals surface area contributed by atoms with Crippen LogP contribution in [0.15, 0.2) is 97.1 Å². The maximum Gasteiger partial charge on any atom is 0.181 e. The fraction of sp³-hybridized carbons (Fsp3) is 0.755. The molecule has 0 radical (unpaired) electrons. The second kappa shape index (κ2) is 48.9. The van der Waals surface area contributed by atoms with Crippen molar-refractivity contribution < 1.29 is 152 Å². The summed E-state index contributed by atoms with van der Waals surface area (Å²) < 4.78 is 165. The molecule has 4 aromatic carbocycles. The van der Waals surface area contributed by atoms with Crippen LogP contribution in [0.1, 0.15) is 94.5 Å². The minimum atomic E-state index is -1.07. The van der Waals surface area contributed by atoms with Crippen molar-refractivity contribution in [3.8, 4) is 17.2 Å². The van der Waals surface area contributed by atoms with Crippen molar-refractivity contribution in [3.63, 3.8) is 0 Å². The van der Waals surface area contributed by atoms with Crippen LogP contribution < -0.4 is 14.2 Å². The summed E-state index contributed by atoms with van der Waals surface area (Å²) in [6, 6.07) is 34.5. The van der Waals surface area contributed by atoms with E-state index in [-0.39, 0.29) is 96.8 Å². The second-order valence-corrected chi connectivity index (χ2v) is 38.1. The fourth-order valence-corrected chi connectivity index (χ4v) is 14.3. The average molecular weight is 1830 g/mol. The Morgan fingerprint density at radius 1 is 0.308 bits per heavy atom. The third-order valence-electron chi connectivity index (χ3n) is 25.0. The zero-order chi connectivity index (χ0) is 89.4. The van der Waals surface area contributed by atoms with Crippen molar-refractivity contribution in [1.29, 1.82) is 0 Å². The van der Waals surface area contributed by atoms with Crippen LogP contribution in [0, 0.1) is 22.7 Å². The van der Waals surface area contributed by atoms with Gasteiger partial charge in [0.1, 0.15) is 147 Å². The number of rotatable bonds is 66. The molecule has 32 nitrogen and oxygen atoms in total. The second-order valence-electron chi connectivity index (χ2n) is 38.1. The van der Waals surface area contributed by atoms with Gasteiger partial charge in [0.25, 0.3) is 0 Å². The Hall–Kier alpha value is -4.88. The minimum absolute atomic E-state index is 0.0248. The van der Waals surface area contributed by atoms with E-state index in [1.54, 1.807) is 0 Å². The number of aliphatic hydroxyl groups excluding tert-OH is 2. The Kier molecular flexibility index (Phi) is 36.9. The van der Waals surface area contributed by atoms with Gasteiger partial charge in [-0.3, -0.25) is 0 Å². The summed E-state index contributed by atoms with van der Waals surface area (Å²) in [5, 5.41) is 21.6. The third kappa shape index (κ3) is 36.6. The van der Waals surface area contributed by atoms with E-state index in [1.807, 2.05) is 6.92 Å². The monoisotopic (exact) mass is 1830 g/mol. The molecule has 726 valence electrons. The molecule has 0 amide bonds. The Morgan fingerprint density at radius 3 is 0.923 bits per heavy atom. The molecule has 19 atom stereocenters. The Balaban J connectivity index is 0.000000126. The number of hydrogen-bond acceptors (Lipinski definition) is 32. The SMILES string of the molecule is C1CC1COCC(COCC1CO1)(COCC1CO1)COCC1CO1.CC(C)(c1ccc(OCC2CO2)cc1)c1ccc(C(C)(c2ccc(OCC3CO3)cc2)c2ccc(OCC3CO3)cc2)cc1.CC(COC1CO1)OCC1CO1.CCC(COCC1CO1)(COCC1CO1)COCC1CO1.O[C@@H]([C@H](OCC1CO1)[C@H](O)COCC1CC1)[C@H](COCC1CO1)OCC1CO1. The predicted molar refractivity (Wildman–Crippen MR) is 467 cm³/mol. The molecule has 2 saturated carbocycles. The van der Waals surface area contributed by atoms with E-state index in [2.05, 4.69) is 125 Å². The highest BCUT2D eigenvalue weighted by Gasteiger charge is 2.43. The van der Waals surface area contributed by atoms with E-state index >= 15 is 0 Å². The Labute approximate surface area is 765 Å². The van der Waals surface area contributed by atoms with E-state index in [1.165, 1.54) is 53.5 Å². The molecule has 2 N–H and O–H groups in total. The summed E-state index contributed by atoms with van der Waals surface area (Å²) >= 11 is 0. The molecule has 4 aromatic rings. The molecule has 0 aromatic heterocycles. The first-order valence-electron chi connectivity index (χ1n) is 47.5. The third-order valence-corrected chi connectivity index (χ3v) is 25.0. The molecule has 14 saturated heterocycles. The van der Waals surface area contributed by atoms with Gasteiger partial charge in [-0.2, -0.15) is 0 Å². The summed E-state index contributed by atoms with van der Waals surface area (Å²) in [5.41, 5.74) is 5.10. The summed E-state index contributed by atoms with van der Waals surface area (Å²) in [5.74, 6) is 3.92. The van der Waals surface area contributed by atoms with E-state index in [0.717, 1.165) is 109 Å². The van der Waals surface area contributed by atoms with Crippen molar-refractivity contribution in [2.24, 2.45) is 22.7 Å². The van der Waals surface area contributed by atoms with Gasteiger partial charge in [-0.05, 0) is 122 Å². The van der Waals surface area contributed by atoms with E-state index in [4.69, 9.17) is 142 Å². The Morgan fingerprint density at radius 2 is 0.585 bits per heavy atom. The van der Waals surface area contributed by atoms with Gasteiger partial charge in [0.15, 0.2) is 6.29 Å². The fourth-order valence-electron chi connectivity index (χ4n) is 14.3. The number of epoxide rings is 14. The van der Waals surface area contributed by atoms with Crippen LogP contribution >= 0.6 is 0 Å². The molecular formula is C98H142O32. The topological polar surface area (TPSA) is 364 Å². The van der Waals surface area contributed by atoms with E-state index in [0.29, 0.717) is 196 Å². The van der Waals surface area contributed by atoms with Gasteiger partial charge < -0.3 is 152 Å². The van der Waals surface area contributed by atoms with Crippen LogP contribution in [0.4, 0.5) is 0 Å². The first-order chi connectivity index (χ1) is 63.5. The molecule has 16 fully saturated rings. The van der Waals surface area contributed by atoms with Gasteiger partial charge in [0.05, 0.1) is 230 Å². The summed E-state index contributed by atoms with van der Waals surface area (Å²) in [6.45, 7) is 35.8. The average Bonchev–Trinajstić information content (AvgIpc) is 1.75. The van der Waals surface area contributed by atoms with Crippen molar-refractivity contribution in [1.82, 2.24) is 0 Å². The number of hydrogen-bond donors (Lipinski definition) is 2. The van der Waals surface area contributed by atoms with Crippen molar-refractivity contribution >= 4 is 0 Å². The maximum atomic E-state index is 10.9. The predicted octanol–water partition coefficient (Wildman–Crippen LogP) is 7.26. The molecule has 15 unspecified atom stereocenters. The summed E-state index contributed by atoms with van der Waals surface area (Å²) in [6.07, 6.45) is 5.41. The summed E-state index contributed by atoms with van der Waals surface area (Å²) in [4.78, 5) is 0. The molecule has 14 heterocycles. The lowest BCUT2D eigenvalue weighted by Crippen LogP contribution is -2.51. The van der Waals surface area contributed by atoms with Gasteiger partial charge in [0, 0.05) is 29.5 Å². The standard InChI is InChI=1S/C38H40O6.C19H32O9.C18H30O7.C15H26O6.C8H14O4/c1-37(2,27-8-14-31(15-9-27)39-20-34-23-42-34)26-4-6-28(7-5-26)38(3,29-10-16-32(17-11-29)40-21-35-24-43-35)30-12-18-33(19-13-30)41-22-36-25-44-36;20-16(10-22-3-12-1-2-12)19(28-9-15-7-26-15)18(21)17(27-8-14-6-25-14)11-23-4-13-5-24-13;1-2-14(1)3-19-10-18(11-20-4-15-7-23-15,12-21-5-16-8-24-16)13-22-6-17-9-25-17;1-2-15(9-16-3-12-6-19-12,10-17-4-13-7-20-13)11-18-5-14-8-21-14;1-6(2-11-8-5-12-8)9-3-7-4-10-7/h4-19,34-36H,20-25H2,1-3H3;12-21H,1-11H2;14-17H,1-13H2;12-14H,2-11H2,1H3;6-8H,2-5H2,1H3/t;13?,14?,15?,16-,17+,18-,19-;;;/m.1.../s1. The van der Waals surface area contributed by atoms with Gasteiger partial charge in [-0.1, -0.05) is 81.4 Å². The van der Waals surface area contributed by atoms with Crippen LogP contribution in [0.25, 0.3) is 0 Å². The van der Waals surface area contributed by atoms with Crippen LogP contribution in [0.5, 0.6) is 17.2 Å². The maximum absolute atomic E-state index is 10.9. The molecule has 0 spiro atoms. The van der Waals surface area contributed by atoms with Crippen molar-refractivity contribution in [2.45, 2.75) is 194 Å². The smallest absolute Gasteiger partial charge is 0.181 e. The van der Waals surface area contributed by atoms with Crippen molar-refractivity contribution in [2.75, 3.05) is 258 Å². The Bertz CT molecular complexity index is 3640. The zero-order valence-corrected chi connectivity index (χ0v) is 76.6. The normalized spacial score (nSPS) is 29.1. The lowest BCUT2D eigenvalue weighted by Gasteiger charge is -2.33. The molecule has 20 rings (SSSR count). The van der Waals surface area contributed by atoms with Gasteiger partial charge in [0.2, 0.25) is 0 Å². The van der Waals surface area contributed by atoms with Crippen LogP contribution in [-0.2, 0) is 139 Å². The highest BCUT2D eigenvalue weighted by atomic mass is 16.8. The van der Waals surface area contributed by atoms with Crippen molar-refractivity contribution in [3.05, 3.63) is 125 Å². The number of ether oxygens (including phenoxy) is 30. The van der Waals surface area contributed by atoms with Crippen LogP contribution in [0.2, 0.25) is 0 Å². The van der Waals surface area contributed by atoms with Gasteiger partial charge in [-0.15, -0.1) is 0 Å². The first kappa shape index (κ1) is 98.2. The minimum Gasteiger partial charge on any atom is -0.491 e. The molecule has 32 heteroatoms. The van der Waals surface area contributed by atoms with E-state index < -0.39 is 29.8 Å². The molecule has 16 aliphatic rings. The van der Waals surface area contributed by atoms with E-state index in [9.17, 15) is 10.2 Å². The van der Waals surface area contributed by atoms with Crippen LogP contribution in [0.3, 0.4) is 0 Å². The lowest BCUT2D eigenvalue weighted by atomic mass is 9.70. The molecule has 0 bridgehead atoms. The zero-order valence-electron chi connectivity index (χ0n) is 76.6. The molecular weight excluding hydrogens is 1690 g/mol. The van der Waals surface area contributed by atoms with Gasteiger partial charge in [-0.25, -0.2) is 0 Å². The lowest BCUT2D eigenvalue weighted by molar-refractivity contribution is -0.171. The number of aliphatic hydroxyl groups is 2. The quantitative estimate of drug-likeness (QED) is 0.0324. The molecule has 2 aliphatic carbocycles. The number of benzene rings is 4. The molecule has 14 aliphatic heterocycles. The van der Waals surface area contributed by atoms with Gasteiger partial charge >= 0.3 is 0 Å². The largest absolute Gasteiger partial charge is 0.491 e. The highest BCUT2D eigenvalue weighted by Crippen LogP contribution is 2.43.